The Bertz CT molecular complexity index is 803. The van der Waals surface area contributed by atoms with Crippen molar-refractivity contribution in [3.05, 3.63) is 42.2 Å². The lowest BCUT2D eigenvalue weighted by Gasteiger charge is -2.33. The Hall–Kier alpha value is -2.42. The summed E-state index contributed by atoms with van der Waals surface area (Å²) < 4.78 is 12.4. The summed E-state index contributed by atoms with van der Waals surface area (Å²) in [7, 11) is 1.60. The summed E-state index contributed by atoms with van der Waals surface area (Å²) in [6.45, 7) is 3.76. The lowest BCUT2D eigenvalue weighted by molar-refractivity contribution is -0.00611. The first-order valence-corrected chi connectivity index (χ1v) is 9.14. The number of ether oxygens (including phenoxy) is 2. The van der Waals surface area contributed by atoms with Crippen LogP contribution in [0.5, 0.6) is 5.75 Å². The number of hydrogen-bond acceptors (Lipinski definition) is 6. The standard InChI is InChI=1S/C19H24N4O4/c1-26-18-5-3-2-4-15(18)23-11-14(10-20-23)19(25)22-12-16(17(24)13-22)21-6-8-27-9-7-21/h2-5,10-11,16-17,24H,6-9,12-13H2,1H3/t16-,17-/m0/s1. The Balaban J connectivity index is 1.48. The Morgan fingerprint density at radius 3 is 2.81 bits per heavy atom. The highest BCUT2D eigenvalue weighted by atomic mass is 16.5. The van der Waals surface area contributed by atoms with Gasteiger partial charge in [-0.15, -0.1) is 0 Å². The first kappa shape index (κ1) is 18.0. The van der Waals surface area contributed by atoms with Crippen LogP contribution in [0.25, 0.3) is 5.69 Å². The molecule has 2 aromatic rings. The lowest BCUT2D eigenvalue weighted by atomic mass is 10.1. The number of carbonyl (C=O) groups excluding carboxylic acids is 1. The second kappa shape index (κ2) is 7.67. The average Bonchev–Trinajstić information content (AvgIpc) is 3.35. The Labute approximate surface area is 157 Å². The monoisotopic (exact) mass is 372 g/mol. The molecule has 1 amide bonds. The minimum Gasteiger partial charge on any atom is -0.494 e. The smallest absolute Gasteiger partial charge is 0.257 e. The third-order valence-corrected chi connectivity index (χ3v) is 5.22. The van der Waals surface area contributed by atoms with E-state index in [0.29, 0.717) is 37.6 Å². The van der Waals surface area contributed by atoms with Gasteiger partial charge < -0.3 is 19.5 Å². The zero-order chi connectivity index (χ0) is 18.8. The van der Waals surface area contributed by atoms with Crippen molar-refractivity contribution in [3.63, 3.8) is 0 Å². The van der Waals surface area contributed by atoms with Crippen LogP contribution in [0.15, 0.2) is 36.7 Å². The normalized spacial score (nSPS) is 23.6. The van der Waals surface area contributed by atoms with Gasteiger partial charge in [-0.2, -0.15) is 5.10 Å². The van der Waals surface area contributed by atoms with Gasteiger partial charge in [0, 0.05) is 32.4 Å². The quantitative estimate of drug-likeness (QED) is 0.837. The molecule has 1 aromatic carbocycles. The van der Waals surface area contributed by atoms with Gasteiger partial charge in [0.05, 0.1) is 44.2 Å². The molecular formula is C19H24N4O4. The Kier molecular flexibility index (Phi) is 5.11. The number of benzene rings is 1. The fraction of sp³-hybridized carbons (Fsp3) is 0.474. The number of hydrogen-bond donors (Lipinski definition) is 1. The maximum Gasteiger partial charge on any atom is 0.257 e. The zero-order valence-electron chi connectivity index (χ0n) is 15.3. The molecule has 144 valence electrons. The molecule has 1 aromatic heterocycles. The number of β-amino-alcohol motifs (C(OH)–C–C–N with tert-alkyl or cyclic N) is 1. The van der Waals surface area contributed by atoms with Crippen LogP contribution in [-0.4, -0.2) is 89.2 Å². The summed E-state index contributed by atoms with van der Waals surface area (Å²) in [5, 5.41) is 14.8. The van der Waals surface area contributed by atoms with E-state index in [1.807, 2.05) is 24.3 Å². The maximum absolute atomic E-state index is 12.9. The van der Waals surface area contributed by atoms with Crippen LogP contribution < -0.4 is 4.74 Å². The number of methoxy groups -OCH3 is 1. The molecule has 0 spiro atoms. The van der Waals surface area contributed by atoms with Gasteiger partial charge in [-0.05, 0) is 12.1 Å². The van der Waals surface area contributed by atoms with Crippen molar-refractivity contribution < 1.29 is 19.4 Å². The van der Waals surface area contributed by atoms with Crippen LogP contribution in [0.4, 0.5) is 0 Å². The van der Waals surface area contributed by atoms with Crippen molar-refractivity contribution in [1.29, 1.82) is 0 Å². The van der Waals surface area contributed by atoms with E-state index >= 15 is 0 Å². The van der Waals surface area contributed by atoms with Crippen LogP contribution in [0.2, 0.25) is 0 Å². The van der Waals surface area contributed by atoms with Gasteiger partial charge in [-0.3, -0.25) is 9.69 Å². The highest BCUT2D eigenvalue weighted by molar-refractivity contribution is 5.94. The fourth-order valence-electron chi connectivity index (χ4n) is 3.77. The van der Waals surface area contributed by atoms with E-state index in [9.17, 15) is 9.90 Å². The third-order valence-electron chi connectivity index (χ3n) is 5.22. The number of carbonyl (C=O) groups is 1. The first-order chi connectivity index (χ1) is 13.2. The van der Waals surface area contributed by atoms with E-state index in [-0.39, 0.29) is 11.9 Å². The predicted molar refractivity (Wildman–Crippen MR) is 98.2 cm³/mol. The van der Waals surface area contributed by atoms with E-state index in [1.54, 1.807) is 29.1 Å². The molecule has 0 aliphatic carbocycles. The molecule has 1 N–H and O–H groups in total. The van der Waals surface area contributed by atoms with Crippen LogP contribution in [0.1, 0.15) is 10.4 Å². The molecule has 0 saturated carbocycles. The Morgan fingerprint density at radius 1 is 1.26 bits per heavy atom. The number of aromatic nitrogens is 2. The Morgan fingerprint density at radius 2 is 2.04 bits per heavy atom. The average molecular weight is 372 g/mol. The van der Waals surface area contributed by atoms with Crippen molar-refractivity contribution >= 4 is 5.91 Å². The molecule has 2 fully saturated rings. The molecule has 4 rings (SSSR count). The zero-order valence-corrected chi connectivity index (χ0v) is 15.3. The predicted octanol–water partition coefficient (Wildman–Crippen LogP) is 0.398. The van der Waals surface area contributed by atoms with Gasteiger partial charge in [0.1, 0.15) is 11.4 Å². The van der Waals surface area contributed by atoms with Crippen molar-refractivity contribution in [2.75, 3.05) is 46.5 Å². The SMILES string of the molecule is COc1ccccc1-n1cc(C(=O)N2C[C@H](O)[C@@H](N3CCOCC3)C2)cn1. The molecule has 8 heteroatoms. The molecule has 0 bridgehead atoms. The van der Waals surface area contributed by atoms with Gasteiger partial charge in [0.2, 0.25) is 0 Å². The second-order valence-electron chi connectivity index (χ2n) is 6.84. The van der Waals surface area contributed by atoms with Gasteiger partial charge >= 0.3 is 0 Å². The molecule has 27 heavy (non-hydrogen) atoms. The summed E-state index contributed by atoms with van der Waals surface area (Å²) in [5.74, 6) is 0.564. The summed E-state index contributed by atoms with van der Waals surface area (Å²) in [5.41, 5.74) is 1.27. The summed E-state index contributed by atoms with van der Waals surface area (Å²) in [6.07, 6.45) is 2.72. The number of morpholine rings is 1. The van der Waals surface area contributed by atoms with E-state index in [4.69, 9.17) is 9.47 Å². The molecule has 0 unspecified atom stereocenters. The van der Waals surface area contributed by atoms with E-state index in [1.165, 1.54) is 0 Å². The summed E-state index contributed by atoms with van der Waals surface area (Å²) in [6, 6.07) is 7.47. The molecule has 0 radical (unpaired) electrons. The molecule has 8 nitrogen and oxygen atoms in total. The van der Waals surface area contributed by atoms with Crippen molar-refractivity contribution in [2.45, 2.75) is 12.1 Å². The number of para-hydroxylation sites is 2. The van der Waals surface area contributed by atoms with Crippen molar-refractivity contribution in [3.8, 4) is 11.4 Å². The number of likely N-dealkylation sites (tertiary alicyclic amines) is 1. The van der Waals surface area contributed by atoms with Gasteiger partial charge in [0.15, 0.2) is 0 Å². The molecule has 3 heterocycles. The first-order valence-electron chi connectivity index (χ1n) is 9.14. The number of amides is 1. The minimum atomic E-state index is -0.545. The molecule has 2 saturated heterocycles. The largest absolute Gasteiger partial charge is 0.494 e. The van der Waals surface area contributed by atoms with Crippen LogP contribution >= 0.6 is 0 Å². The van der Waals surface area contributed by atoms with Gasteiger partial charge in [-0.1, -0.05) is 12.1 Å². The second-order valence-corrected chi connectivity index (χ2v) is 6.84. The maximum atomic E-state index is 12.9. The number of rotatable bonds is 4. The molecule has 2 aliphatic rings. The van der Waals surface area contributed by atoms with Crippen LogP contribution in [0.3, 0.4) is 0 Å². The minimum absolute atomic E-state index is 0.0397. The van der Waals surface area contributed by atoms with Gasteiger partial charge in [0.25, 0.3) is 5.91 Å². The van der Waals surface area contributed by atoms with Crippen LogP contribution in [-0.2, 0) is 4.74 Å². The number of aliphatic hydroxyl groups excluding tert-OH is 1. The van der Waals surface area contributed by atoms with Crippen molar-refractivity contribution in [1.82, 2.24) is 19.6 Å². The summed E-state index contributed by atoms with van der Waals surface area (Å²) >= 11 is 0. The van der Waals surface area contributed by atoms with Crippen molar-refractivity contribution in [2.24, 2.45) is 0 Å². The van der Waals surface area contributed by atoms with Gasteiger partial charge in [-0.25, -0.2) is 4.68 Å². The lowest BCUT2D eigenvalue weighted by Crippen LogP contribution is -2.49. The molecule has 2 aliphatic heterocycles. The summed E-state index contributed by atoms with van der Waals surface area (Å²) in [4.78, 5) is 16.8. The topological polar surface area (TPSA) is 80.1 Å². The van der Waals surface area contributed by atoms with E-state index in [0.717, 1.165) is 18.8 Å². The molecule has 2 atom stereocenters. The highest BCUT2D eigenvalue weighted by Gasteiger charge is 2.38. The third kappa shape index (κ3) is 3.55. The van der Waals surface area contributed by atoms with E-state index < -0.39 is 6.10 Å². The number of nitrogens with zero attached hydrogens (tertiary/aromatic N) is 4. The van der Waals surface area contributed by atoms with Crippen LogP contribution in [0, 0.1) is 0 Å². The highest BCUT2D eigenvalue weighted by Crippen LogP contribution is 2.23. The number of aliphatic hydroxyl groups is 1. The fourth-order valence-corrected chi connectivity index (χ4v) is 3.77. The van der Waals surface area contributed by atoms with E-state index in [2.05, 4.69) is 10.00 Å². The molecular weight excluding hydrogens is 348 g/mol.